The molecule has 0 spiro atoms. The minimum Gasteiger partial charge on any atom is -0.362 e. The van der Waals surface area contributed by atoms with Gasteiger partial charge in [-0.25, -0.2) is 0 Å². The Morgan fingerprint density at radius 1 is 1.04 bits per heavy atom. The Hall–Kier alpha value is -1.93. The predicted molar refractivity (Wildman–Crippen MR) is 117 cm³/mol. The van der Waals surface area contributed by atoms with Gasteiger partial charge in [-0.1, -0.05) is 24.3 Å². The summed E-state index contributed by atoms with van der Waals surface area (Å²) in [5.41, 5.74) is 5.71. The van der Waals surface area contributed by atoms with Crippen LogP contribution in [0.15, 0.2) is 54.7 Å². The van der Waals surface area contributed by atoms with E-state index in [1.165, 1.54) is 20.5 Å². The third kappa shape index (κ3) is 2.91. The van der Waals surface area contributed by atoms with E-state index in [2.05, 4.69) is 74.8 Å². The number of hydrogen-bond acceptors (Lipinski definition) is 2. The predicted octanol–water partition coefficient (Wildman–Crippen LogP) is 4.81. The summed E-state index contributed by atoms with van der Waals surface area (Å²) in [7, 11) is 0. The van der Waals surface area contributed by atoms with Crippen LogP contribution in [0.3, 0.4) is 0 Å². The van der Waals surface area contributed by atoms with E-state index in [0.29, 0.717) is 0 Å². The molecule has 2 atom stereocenters. The van der Waals surface area contributed by atoms with E-state index < -0.39 is 0 Å². The summed E-state index contributed by atoms with van der Waals surface area (Å²) in [6.07, 6.45) is 1.84. The Bertz CT molecular complexity index is 939. The van der Waals surface area contributed by atoms with Crippen LogP contribution in [0.25, 0.3) is 0 Å². The number of aryl methyl sites for hydroxylation is 2. The number of halogens is 1. The number of benzene rings is 1. The zero-order valence-corrected chi connectivity index (χ0v) is 17.5. The molecular formula is C20H19IN4S. The van der Waals surface area contributed by atoms with Crippen LogP contribution in [0, 0.1) is 17.4 Å². The van der Waals surface area contributed by atoms with E-state index in [0.717, 1.165) is 16.5 Å². The van der Waals surface area contributed by atoms with E-state index >= 15 is 0 Å². The van der Waals surface area contributed by atoms with Crippen LogP contribution in [0.4, 0.5) is 5.69 Å². The van der Waals surface area contributed by atoms with E-state index in [-0.39, 0.29) is 12.1 Å². The van der Waals surface area contributed by atoms with Gasteiger partial charge in [-0.2, -0.15) is 0 Å². The number of rotatable bonds is 3. The molecule has 0 saturated carbocycles. The van der Waals surface area contributed by atoms with Gasteiger partial charge in [-0.3, -0.25) is 4.98 Å². The van der Waals surface area contributed by atoms with Crippen LogP contribution >= 0.6 is 34.8 Å². The first-order valence-corrected chi connectivity index (χ1v) is 9.97. The second-order valence-electron chi connectivity index (χ2n) is 6.43. The zero-order chi connectivity index (χ0) is 18.3. The van der Waals surface area contributed by atoms with Crippen LogP contribution in [-0.2, 0) is 0 Å². The standard InChI is InChI=1S/C20H19IN4S/c1-12-16(17(21)13(2)23-12)19-18(15-10-6-7-11-22-15)24-20(26)25(19)14-8-4-3-5-9-14/h3-11,18-19,23H,1-2H3,(H,24,26)/t18-,19+/m1/s1. The Kier molecular flexibility index (Phi) is 4.71. The second kappa shape index (κ2) is 7.00. The molecule has 132 valence electrons. The largest absolute Gasteiger partial charge is 0.362 e. The normalized spacial score (nSPS) is 19.7. The van der Waals surface area contributed by atoms with Gasteiger partial charge < -0.3 is 15.2 Å². The molecular weight excluding hydrogens is 455 g/mol. The first kappa shape index (κ1) is 17.5. The van der Waals surface area contributed by atoms with Crippen molar-refractivity contribution < 1.29 is 0 Å². The number of thiocarbonyl (C=S) groups is 1. The summed E-state index contributed by atoms with van der Waals surface area (Å²) in [5.74, 6) is 0. The summed E-state index contributed by atoms with van der Waals surface area (Å²) in [5, 5.41) is 4.24. The molecule has 4 rings (SSSR count). The van der Waals surface area contributed by atoms with Crippen molar-refractivity contribution in [2.45, 2.75) is 25.9 Å². The number of aromatic amines is 1. The van der Waals surface area contributed by atoms with Crippen molar-refractivity contribution in [2.75, 3.05) is 4.90 Å². The van der Waals surface area contributed by atoms with Gasteiger partial charge in [0.2, 0.25) is 0 Å². The molecule has 0 unspecified atom stereocenters. The molecule has 6 heteroatoms. The molecule has 3 aromatic rings. The summed E-state index contributed by atoms with van der Waals surface area (Å²) in [6.45, 7) is 4.24. The van der Waals surface area contributed by atoms with Crippen LogP contribution in [0.1, 0.15) is 34.7 Å². The molecule has 0 radical (unpaired) electrons. The molecule has 26 heavy (non-hydrogen) atoms. The van der Waals surface area contributed by atoms with Crippen molar-refractivity contribution >= 4 is 45.6 Å². The fraction of sp³-hybridized carbons (Fsp3) is 0.200. The van der Waals surface area contributed by atoms with Crippen LogP contribution in [0.5, 0.6) is 0 Å². The van der Waals surface area contributed by atoms with Crippen LogP contribution in [-0.4, -0.2) is 15.1 Å². The maximum absolute atomic E-state index is 5.74. The summed E-state index contributed by atoms with van der Waals surface area (Å²) in [4.78, 5) is 10.3. The lowest BCUT2D eigenvalue weighted by molar-refractivity contribution is 0.564. The van der Waals surface area contributed by atoms with Crippen molar-refractivity contribution in [1.29, 1.82) is 0 Å². The third-order valence-corrected chi connectivity index (χ3v) is 6.48. The SMILES string of the molecule is Cc1[nH]c(C)c([C@H]2[C@@H](c3ccccn3)NC(=S)N2c2ccccc2)c1I. The highest BCUT2D eigenvalue weighted by atomic mass is 127. The number of hydrogen-bond donors (Lipinski definition) is 2. The van der Waals surface area contributed by atoms with E-state index in [1.807, 2.05) is 36.5 Å². The number of nitrogens with one attached hydrogen (secondary N) is 2. The highest BCUT2D eigenvalue weighted by molar-refractivity contribution is 14.1. The van der Waals surface area contributed by atoms with Gasteiger partial charge in [-0.05, 0) is 72.9 Å². The first-order valence-electron chi connectivity index (χ1n) is 8.48. The van der Waals surface area contributed by atoms with Crippen molar-refractivity contribution in [3.05, 3.63) is 80.9 Å². The molecule has 1 aliphatic heterocycles. The van der Waals surface area contributed by atoms with Gasteiger partial charge in [-0.15, -0.1) is 0 Å². The maximum atomic E-state index is 5.74. The second-order valence-corrected chi connectivity index (χ2v) is 7.90. The minimum atomic E-state index is -0.00804. The molecule has 1 fully saturated rings. The average Bonchev–Trinajstić information content (AvgIpc) is 3.12. The molecule has 0 aliphatic carbocycles. The molecule has 1 aliphatic rings. The fourth-order valence-electron chi connectivity index (χ4n) is 3.64. The lowest BCUT2D eigenvalue weighted by Crippen LogP contribution is -2.29. The zero-order valence-electron chi connectivity index (χ0n) is 14.5. The van der Waals surface area contributed by atoms with E-state index in [1.54, 1.807) is 0 Å². The van der Waals surface area contributed by atoms with Gasteiger partial charge in [0.1, 0.15) is 0 Å². The molecule has 0 amide bonds. The van der Waals surface area contributed by atoms with Crippen molar-refractivity contribution in [3.8, 4) is 0 Å². The Balaban J connectivity index is 1.90. The summed E-state index contributed by atoms with van der Waals surface area (Å²) < 4.78 is 1.25. The van der Waals surface area contributed by atoms with Crippen molar-refractivity contribution in [1.82, 2.24) is 15.3 Å². The maximum Gasteiger partial charge on any atom is 0.174 e. The molecule has 3 heterocycles. The summed E-state index contributed by atoms with van der Waals surface area (Å²) in [6, 6.07) is 16.4. The quantitative estimate of drug-likeness (QED) is 0.423. The number of aromatic nitrogens is 2. The van der Waals surface area contributed by atoms with Gasteiger partial charge in [0.05, 0.1) is 17.8 Å². The van der Waals surface area contributed by atoms with Gasteiger partial charge in [0, 0.05) is 32.4 Å². The monoisotopic (exact) mass is 474 g/mol. The third-order valence-electron chi connectivity index (χ3n) is 4.77. The highest BCUT2D eigenvalue weighted by Crippen LogP contribution is 2.44. The van der Waals surface area contributed by atoms with Crippen LogP contribution < -0.4 is 10.2 Å². The Morgan fingerprint density at radius 3 is 2.38 bits per heavy atom. The van der Waals surface area contributed by atoms with Crippen molar-refractivity contribution in [2.24, 2.45) is 0 Å². The lowest BCUT2D eigenvalue weighted by Gasteiger charge is -2.28. The molecule has 2 aromatic heterocycles. The first-order chi connectivity index (χ1) is 12.6. The Morgan fingerprint density at radius 2 is 1.77 bits per heavy atom. The van der Waals surface area contributed by atoms with Crippen LogP contribution in [0.2, 0.25) is 0 Å². The molecule has 1 aromatic carbocycles. The Labute approximate surface area is 172 Å². The van der Waals surface area contributed by atoms with Gasteiger partial charge in [0.15, 0.2) is 5.11 Å². The topological polar surface area (TPSA) is 44.0 Å². The molecule has 4 nitrogen and oxygen atoms in total. The number of H-pyrrole nitrogens is 1. The highest BCUT2D eigenvalue weighted by Gasteiger charge is 2.42. The number of nitrogens with zero attached hydrogens (tertiary/aromatic N) is 2. The smallest absolute Gasteiger partial charge is 0.174 e. The molecule has 1 saturated heterocycles. The van der Waals surface area contributed by atoms with Gasteiger partial charge >= 0.3 is 0 Å². The summed E-state index contributed by atoms with van der Waals surface area (Å²) >= 11 is 8.18. The number of anilines is 1. The lowest BCUT2D eigenvalue weighted by atomic mass is 9.96. The average molecular weight is 474 g/mol. The van der Waals surface area contributed by atoms with Crippen molar-refractivity contribution in [3.63, 3.8) is 0 Å². The van der Waals surface area contributed by atoms with Gasteiger partial charge in [0.25, 0.3) is 0 Å². The van der Waals surface area contributed by atoms with E-state index in [9.17, 15) is 0 Å². The molecule has 2 N–H and O–H groups in total. The number of para-hydroxylation sites is 1. The minimum absolute atomic E-state index is 0.00804. The molecule has 0 bridgehead atoms. The fourth-order valence-corrected chi connectivity index (χ4v) is 4.84. The number of pyridine rings is 1. The van der Waals surface area contributed by atoms with E-state index in [4.69, 9.17) is 12.2 Å².